The summed E-state index contributed by atoms with van der Waals surface area (Å²) in [6.45, 7) is 0. The van der Waals surface area contributed by atoms with Crippen LogP contribution >= 0.6 is 0 Å². The van der Waals surface area contributed by atoms with Crippen LogP contribution in [0.15, 0.2) is 199 Å². The third kappa shape index (κ3) is 5.37. The third-order valence-corrected chi connectivity index (χ3v) is 10.7. The number of aromatic nitrogens is 4. The van der Waals surface area contributed by atoms with E-state index in [2.05, 4.69) is 156 Å². The van der Waals surface area contributed by atoms with Crippen LogP contribution < -0.4 is 0 Å². The number of hydrogen-bond donors (Lipinski definition) is 0. The maximum atomic E-state index is 6.36. The molecule has 56 heavy (non-hydrogen) atoms. The summed E-state index contributed by atoms with van der Waals surface area (Å²) in [5.41, 5.74) is 12.3. The second kappa shape index (κ2) is 13.0. The van der Waals surface area contributed by atoms with E-state index >= 15 is 0 Å². The molecule has 0 bridgehead atoms. The van der Waals surface area contributed by atoms with Crippen LogP contribution in [0.4, 0.5) is 0 Å². The molecule has 11 aromatic rings. The maximum absolute atomic E-state index is 6.36. The van der Waals surface area contributed by atoms with E-state index in [0.29, 0.717) is 17.5 Å². The number of rotatable bonds is 6. The van der Waals surface area contributed by atoms with E-state index in [1.54, 1.807) is 0 Å². The molecule has 5 heteroatoms. The molecule has 0 saturated heterocycles. The fourth-order valence-electron chi connectivity index (χ4n) is 8.01. The summed E-state index contributed by atoms with van der Waals surface area (Å²) in [7, 11) is 0. The van der Waals surface area contributed by atoms with Crippen molar-refractivity contribution in [1.82, 2.24) is 19.5 Å². The molecule has 3 aromatic heterocycles. The van der Waals surface area contributed by atoms with Gasteiger partial charge in [0.2, 0.25) is 0 Å². The van der Waals surface area contributed by atoms with E-state index in [1.807, 2.05) is 42.5 Å². The van der Waals surface area contributed by atoms with Gasteiger partial charge in [0.1, 0.15) is 11.2 Å². The van der Waals surface area contributed by atoms with Crippen LogP contribution in [0.5, 0.6) is 0 Å². The summed E-state index contributed by atoms with van der Waals surface area (Å²) in [5.74, 6) is 1.88. The molecule has 0 unspecified atom stereocenters. The van der Waals surface area contributed by atoms with Gasteiger partial charge in [-0.15, -0.1) is 0 Å². The second-order valence-corrected chi connectivity index (χ2v) is 14.0. The predicted molar refractivity (Wildman–Crippen MR) is 229 cm³/mol. The van der Waals surface area contributed by atoms with Gasteiger partial charge in [0.05, 0.1) is 11.0 Å². The summed E-state index contributed by atoms with van der Waals surface area (Å²) in [4.78, 5) is 15.5. The fraction of sp³-hybridized carbons (Fsp3) is 0. The molecule has 0 radical (unpaired) electrons. The van der Waals surface area contributed by atoms with Gasteiger partial charge >= 0.3 is 0 Å². The van der Waals surface area contributed by atoms with Gasteiger partial charge in [-0.1, -0.05) is 146 Å². The van der Waals surface area contributed by atoms with E-state index in [1.165, 1.54) is 5.56 Å². The molecular formula is C51H32N4O. The molecule has 0 atom stereocenters. The summed E-state index contributed by atoms with van der Waals surface area (Å²) in [6, 6.07) is 67.4. The van der Waals surface area contributed by atoms with E-state index in [0.717, 1.165) is 82.8 Å². The number of nitrogens with zero attached hydrogens (tertiary/aromatic N) is 4. The Morgan fingerprint density at radius 1 is 0.339 bits per heavy atom. The van der Waals surface area contributed by atoms with Gasteiger partial charge < -0.3 is 8.98 Å². The highest BCUT2D eigenvalue weighted by Crippen LogP contribution is 2.40. The average Bonchev–Trinajstić information content (AvgIpc) is 3.82. The molecule has 0 aliphatic carbocycles. The number of benzene rings is 8. The van der Waals surface area contributed by atoms with Crippen molar-refractivity contribution in [2.75, 3.05) is 0 Å². The lowest BCUT2D eigenvalue weighted by atomic mass is 10.0. The van der Waals surface area contributed by atoms with Crippen LogP contribution in [0, 0.1) is 0 Å². The number of para-hydroxylation sites is 1. The zero-order chi connectivity index (χ0) is 37.0. The fourth-order valence-corrected chi connectivity index (χ4v) is 8.01. The van der Waals surface area contributed by atoms with Crippen molar-refractivity contribution in [3.05, 3.63) is 194 Å². The molecule has 0 fully saturated rings. The first-order valence-electron chi connectivity index (χ1n) is 18.8. The van der Waals surface area contributed by atoms with Crippen molar-refractivity contribution in [2.45, 2.75) is 0 Å². The Bertz CT molecular complexity index is 3240. The molecule has 8 aromatic carbocycles. The molecule has 11 rings (SSSR count). The summed E-state index contributed by atoms with van der Waals surface area (Å²) in [6.07, 6.45) is 0. The largest absolute Gasteiger partial charge is 0.456 e. The van der Waals surface area contributed by atoms with Gasteiger partial charge in [0, 0.05) is 43.9 Å². The first kappa shape index (κ1) is 31.9. The van der Waals surface area contributed by atoms with Gasteiger partial charge in [-0.2, -0.15) is 0 Å². The summed E-state index contributed by atoms with van der Waals surface area (Å²) < 4.78 is 8.71. The smallest absolute Gasteiger partial charge is 0.164 e. The minimum atomic E-state index is 0.622. The molecule has 3 heterocycles. The number of hydrogen-bond acceptors (Lipinski definition) is 4. The highest BCUT2D eigenvalue weighted by Gasteiger charge is 2.20. The standard InChI is InChI=1S/C51H32N4O/c1-4-14-33(15-5-1)36-20-12-21-38(30-36)50-52-49(35-18-8-3-9-19-35)53-51(54-50)41-23-13-25-45-48(41)40-22-10-11-24-44(40)55(45)39-27-29-47-43(32-39)42-31-37(26-28-46(42)56-47)34-16-6-2-7-17-34/h1-32H. The zero-order valence-corrected chi connectivity index (χ0v) is 30.2. The molecule has 0 aliphatic heterocycles. The Balaban J connectivity index is 1.12. The topological polar surface area (TPSA) is 56.7 Å². The Labute approximate surface area is 322 Å². The second-order valence-electron chi connectivity index (χ2n) is 14.0. The van der Waals surface area contributed by atoms with Crippen molar-refractivity contribution in [3.8, 4) is 62.1 Å². The highest BCUT2D eigenvalue weighted by atomic mass is 16.3. The maximum Gasteiger partial charge on any atom is 0.164 e. The lowest BCUT2D eigenvalue weighted by molar-refractivity contribution is 0.669. The van der Waals surface area contributed by atoms with Gasteiger partial charge in [-0.3, -0.25) is 0 Å². The third-order valence-electron chi connectivity index (χ3n) is 10.7. The van der Waals surface area contributed by atoms with Crippen LogP contribution in [0.25, 0.3) is 106 Å². The van der Waals surface area contributed by atoms with Crippen molar-refractivity contribution >= 4 is 43.7 Å². The minimum Gasteiger partial charge on any atom is -0.456 e. The van der Waals surface area contributed by atoms with Crippen LogP contribution in [0.3, 0.4) is 0 Å². The van der Waals surface area contributed by atoms with E-state index in [4.69, 9.17) is 19.4 Å². The monoisotopic (exact) mass is 716 g/mol. The average molecular weight is 717 g/mol. The molecule has 0 aliphatic rings. The van der Waals surface area contributed by atoms with Crippen molar-refractivity contribution in [3.63, 3.8) is 0 Å². The Morgan fingerprint density at radius 2 is 0.875 bits per heavy atom. The lowest BCUT2D eigenvalue weighted by Crippen LogP contribution is -2.00. The van der Waals surface area contributed by atoms with Gasteiger partial charge in [-0.25, -0.2) is 15.0 Å². The normalized spacial score (nSPS) is 11.6. The summed E-state index contributed by atoms with van der Waals surface area (Å²) >= 11 is 0. The quantitative estimate of drug-likeness (QED) is 0.172. The Morgan fingerprint density at radius 3 is 1.62 bits per heavy atom. The SMILES string of the molecule is c1ccc(-c2cccc(-c3nc(-c4ccccc4)nc(-c4cccc5c4c4ccccc4n5-c4ccc5oc6ccc(-c7ccccc7)cc6c5c4)n3)c2)cc1. The summed E-state index contributed by atoms with van der Waals surface area (Å²) in [5, 5.41) is 4.37. The molecule has 0 spiro atoms. The van der Waals surface area contributed by atoms with E-state index in [9.17, 15) is 0 Å². The minimum absolute atomic E-state index is 0.622. The van der Waals surface area contributed by atoms with Crippen molar-refractivity contribution in [1.29, 1.82) is 0 Å². The van der Waals surface area contributed by atoms with Crippen LogP contribution in [-0.4, -0.2) is 19.5 Å². The van der Waals surface area contributed by atoms with Gasteiger partial charge in [-0.05, 0) is 70.8 Å². The first-order valence-corrected chi connectivity index (χ1v) is 18.8. The number of fused-ring (bicyclic) bond motifs is 6. The molecule has 262 valence electrons. The van der Waals surface area contributed by atoms with Crippen LogP contribution in [0.1, 0.15) is 0 Å². The van der Waals surface area contributed by atoms with Crippen molar-refractivity contribution < 1.29 is 4.42 Å². The van der Waals surface area contributed by atoms with E-state index in [-0.39, 0.29) is 0 Å². The van der Waals surface area contributed by atoms with E-state index < -0.39 is 0 Å². The Kier molecular flexibility index (Phi) is 7.42. The molecule has 5 nitrogen and oxygen atoms in total. The highest BCUT2D eigenvalue weighted by molar-refractivity contribution is 6.16. The lowest BCUT2D eigenvalue weighted by Gasteiger charge is -2.11. The predicted octanol–water partition coefficient (Wildman–Crippen LogP) is 13.2. The van der Waals surface area contributed by atoms with Crippen molar-refractivity contribution in [2.24, 2.45) is 0 Å². The molecular weight excluding hydrogens is 685 g/mol. The number of furan rings is 1. The zero-order valence-electron chi connectivity index (χ0n) is 30.2. The Hall–Kier alpha value is -7.63. The molecule has 0 saturated carbocycles. The van der Waals surface area contributed by atoms with Crippen LogP contribution in [0.2, 0.25) is 0 Å². The van der Waals surface area contributed by atoms with Gasteiger partial charge in [0.25, 0.3) is 0 Å². The van der Waals surface area contributed by atoms with Crippen LogP contribution in [-0.2, 0) is 0 Å². The first-order chi connectivity index (χ1) is 27.7. The van der Waals surface area contributed by atoms with Gasteiger partial charge in [0.15, 0.2) is 17.5 Å². The molecule has 0 amide bonds. The molecule has 0 N–H and O–H groups in total.